The zero-order valence-corrected chi connectivity index (χ0v) is 11.1. The molecule has 0 spiro atoms. The predicted octanol–water partition coefficient (Wildman–Crippen LogP) is -1.24. The maximum absolute atomic E-state index is 12.3. The van der Waals surface area contributed by atoms with Crippen LogP contribution < -0.4 is 5.73 Å². The number of hydrogen-bond acceptors (Lipinski definition) is 4. The van der Waals surface area contributed by atoms with Gasteiger partial charge < -0.3 is 10.5 Å². The van der Waals surface area contributed by atoms with Crippen LogP contribution in [-0.2, 0) is 19.7 Å². The van der Waals surface area contributed by atoms with Crippen LogP contribution in [0.25, 0.3) is 0 Å². The van der Waals surface area contributed by atoms with E-state index < -0.39 is 10.2 Å². The van der Waals surface area contributed by atoms with Crippen molar-refractivity contribution in [1.29, 1.82) is 0 Å². The Labute approximate surface area is 107 Å². The van der Waals surface area contributed by atoms with E-state index in [2.05, 4.69) is 0 Å². The van der Waals surface area contributed by atoms with E-state index in [0.29, 0.717) is 52.2 Å². The molecule has 0 aromatic rings. The Morgan fingerprint density at radius 2 is 1.56 bits per heavy atom. The molecule has 8 heteroatoms. The normalized spacial score (nSPS) is 25.1. The van der Waals surface area contributed by atoms with Gasteiger partial charge >= 0.3 is 0 Å². The number of primary amides is 1. The average Bonchev–Trinajstić information content (AvgIpc) is 2.40. The van der Waals surface area contributed by atoms with Crippen molar-refractivity contribution in [3.8, 4) is 0 Å². The first-order chi connectivity index (χ1) is 8.51. The number of carbonyl (C=O) groups is 1. The highest BCUT2D eigenvalue weighted by Crippen LogP contribution is 2.21. The van der Waals surface area contributed by atoms with Crippen LogP contribution in [0.3, 0.4) is 0 Å². The van der Waals surface area contributed by atoms with Crippen molar-refractivity contribution < 1.29 is 17.9 Å². The van der Waals surface area contributed by atoms with Gasteiger partial charge in [0.1, 0.15) is 0 Å². The van der Waals surface area contributed by atoms with Crippen LogP contribution in [0, 0.1) is 5.92 Å². The van der Waals surface area contributed by atoms with Gasteiger partial charge in [-0.3, -0.25) is 4.79 Å². The van der Waals surface area contributed by atoms with Gasteiger partial charge in [-0.25, -0.2) is 0 Å². The summed E-state index contributed by atoms with van der Waals surface area (Å²) in [6, 6.07) is 0. The number of nitrogens with zero attached hydrogens (tertiary/aromatic N) is 2. The molecule has 2 saturated heterocycles. The SMILES string of the molecule is NC(=O)C1CCN(S(=O)(=O)N2CCOCC2)CC1. The number of amides is 1. The summed E-state index contributed by atoms with van der Waals surface area (Å²) < 4.78 is 32.6. The van der Waals surface area contributed by atoms with Crippen LogP contribution in [0.2, 0.25) is 0 Å². The Balaban J connectivity index is 1.97. The second-order valence-corrected chi connectivity index (χ2v) is 6.52. The molecule has 104 valence electrons. The molecule has 0 aliphatic carbocycles. The van der Waals surface area contributed by atoms with Crippen molar-refractivity contribution in [2.45, 2.75) is 12.8 Å². The minimum absolute atomic E-state index is 0.193. The highest BCUT2D eigenvalue weighted by atomic mass is 32.2. The number of carbonyl (C=O) groups excluding carboxylic acids is 1. The molecule has 0 aromatic heterocycles. The van der Waals surface area contributed by atoms with E-state index in [1.54, 1.807) is 0 Å². The molecule has 0 radical (unpaired) electrons. The van der Waals surface area contributed by atoms with Gasteiger partial charge in [-0.15, -0.1) is 0 Å². The van der Waals surface area contributed by atoms with Crippen LogP contribution in [0.1, 0.15) is 12.8 Å². The number of morpholine rings is 1. The lowest BCUT2D eigenvalue weighted by molar-refractivity contribution is -0.122. The lowest BCUT2D eigenvalue weighted by atomic mass is 9.98. The van der Waals surface area contributed by atoms with E-state index in [0.717, 1.165) is 0 Å². The van der Waals surface area contributed by atoms with Crippen molar-refractivity contribution in [2.75, 3.05) is 39.4 Å². The molecule has 2 fully saturated rings. The van der Waals surface area contributed by atoms with E-state index in [4.69, 9.17) is 10.5 Å². The maximum Gasteiger partial charge on any atom is 0.282 e. The van der Waals surface area contributed by atoms with Gasteiger partial charge in [0.25, 0.3) is 10.2 Å². The maximum atomic E-state index is 12.3. The summed E-state index contributed by atoms with van der Waals surface area (Å²) in [4.78, 5) is 11.0. The van der Waals surface area contributed by atoms with Crippen LogP contribution in [0.4, 0.5) is 0 Å². The third-order valence-corrected chi connectivity index (χ3v) is 5.51. The molecule has 18 heavy (non-hydrogen) atoms. The zero-order chi connectivity index (χ0) is 13.2. The molecule has 0 saturated carbocycles. The minimum atomic E-state index is -3.40. The molecule has 1 amide bonds. The van der Waals surface area contributed by atoms with Crippen molar-refractivity contribution in [1.82, 2.24) is 8.61 Å². The van der Waals surface area contributed by atoms with Crippen LogP contribution in [-0.4, -0.2) is 62.3 Å². The molecule has 7 nitrogen and oxygen atoms in total. The van der Waals surface area contributed by atoms with Crippen LogP contribution in [0.15, 0.2) is 0 Å². The quantitative estimate of drug-likeness (QED) is 0.698. The van der Waals surface area contributed by atoms with E-state index in [-0.39, 0.29) is 11.8 Å². The molecule has 2 aliphatic rings. The fourth-order valence-electron chi connectivity index (χ4n) is 2.31. The zero-order valence-electron chi connectivity index (χ0n) is 10.2. The number of nitrogens with two attached hydrogens (primary N) is 1. The van der Waals surface area contributed by atoms with Gasteiger partial charge in [0.15, 0.2) is 0 Å². The van der Waals surface area contributed by atoms with Gasteiger partial charge in [0.05, 0.1) is 13.2 Å². The van der Waals surface area contributed by atoms with Crippen molar-refractivity contribution in [2.24, 2.45) is 11.7 Å². The van der Waals surface area contributed by atoms with Gasteiger partial charge in [0, 0.05) is 32.1 Å². The Kier molecular flexibility index (Phi) is 4.21. The number of hydrogen-bond donors (Lipinski definition) is 1. The molecule has 0 unspecified atom stereocenters. The molecule has 2 heterocycles. The first-order valence-corrected chi connectivity index (χ1v) is 7.54. The summed E-state index contributed by atoms with van der Waals surface area (Å²) >= 11 is 0. The Morgan fingerprint density at radius 1 is 1.06 bits per heavy atom. The smallest absolute Gasteiger partial charge is 0.282 e. The molecular weight excluding hydrogens is 258 g/mol. The van der Waals surface area contributed by atoms with E-state index in [1.165, 1.54) is 8.61 Å². The minimum Gasteiger partial charge on any atom is -0.379 e. The van der Waals surface area contributed by atoms with Gasteiger partial charge in [-0.1, -0.05) is 0 Å². The van der Waals surface area contributed by atoms with Gasteiger partial charge in [-0.05, 0) is 12.8 Å². The Bertz CT molecular complexity index is 397. The number of ether oxygens (including phenoxy) is 1. The third kappa shape index (κ3) is 2.82. The largest absolute Gasteiger partial charge is 0.379 e. The van der Waals surface area contributed by atoms with Gasteiger partial charge in [-0.2, -0.15) is 17.0 Å². The first-order valence-electron chi connectivity index (χ1n) is 6.14. The van der Waals surface area contributed by atoms with Crippen molar-refractivity contribution in [3.63, 3.8) is 0 Å². The van der Waals surface area contributed by atoms with Gasteiger partial charge in [0.2, 0.25) is 5.91 Å². The van der Waals surface area contributed by atoms with Crippen molar-refractivity contribution in [3.05, 3.63) is 0 Å². The summed E-state index contributed by atoms with van der Waals surface area (Å²) in [5.41, 5.74) is 5.23. The number of piperidine rings is 1. The summed E-state index contributed by atoms with van der Waals surface area (Å²) in [5, 5.41) is 0. The fourth-order valence-corrected chi connectivity index (χ4v) is 3.92. The van der Waals surface area contributed by atoms with E-state index in [1.807, 2.05) is 0 Å². The molecule has 0 atom stereocenters. The monoisotopic (exact) mass is 277 g/mol. The summed E-state index contributed by atoms with van der Waals surface area (Å²) in [5.74, 6) is -0.528. The number of rotatable bonds is 3. The Morgan fingerprint density at radius 3 is 2.06 bits per heavy atom. The predicted molar refractivity (Wildman–Crippen MR) is 64.8 cm³/mol. The molecular formula is C10H19N3O4S. The highest BCUT2D eigenvalue weighted by Gasteiger charge is 2.34. The van der Waals surface area contributed by atoms with Crippen LogP contribution in [0.5, 0.6) is 0 Å². The second kappa shape index (κ2) is 5.52. The molecule has 2 aliphatic heterocycles. The third-order valence-electron chi connectivity index (χ3n) is 3.48. The average molecular weight is 277 g/mol. The topological polar surface area (TPSA) is 92.9 Å². The van der Waals surface area contributed by atoms with Crippen molar-refractivity contribution >= 4 is 16.1 Å². The fraction of sp³-hybridized carbons (Fsp3) is 0.900. The molecule has 0 aromatic carbocycles. The Hall–Kier alpha value is -0.700. The molecule has 2 rings (SSSR count). The molecule has 0 bridgehead atoms. The van der Waals surface area contributed by atoms with E-state index in [9.17, 15) is 13.2 Å². The summed E-state index contributed by atoms with van der Waals surface area (Å²) in [7, 11) is -3.40. The highest BCUT2D eigenvalue weighted by molar-refractivity contribution is 7.86. The molecule has 2 N–H and O–H groups in total. The lowest BCUT2D eigenvalue weighted by Crippen LogP contribution is -2.51. The standard InChI is InChI=1S/C10H19N3O4S/c11-10(14)9-1-3-12(4-2-9)18(15,16)13-5-7-17-8-6-13/h9H,1-8H2,(H2,11,14). The second-order valence-electron chi connectivity index (χ2n) is 4.59. The van der Waals surface area contributed by atoms with E-state index >= 15 is 0 Å². The summed E-state index contributed by atoms with van der Waals surface area (Å²) in [6.45, 7) is 2.42. The summed E-state index contributed by atoms with van der Waals surface area (Å²) in [6.07, 6.45) is 1.03. The van der Waals surface area contributed by atoms with Crippen LogP contribution >= 0.6 is 0 Å². The lowest BCUT2D eigenvalue weighted by Gasteiger charge is -2.35. The first kappa shape index (κ1) is 13.7.